The zero-order valence-corrected chi connectivity index (χ0v) is 13.9. The van der Waals surface area contributed by atoms with E-state index in [0.717, 1.165) is 44.1 Å². The highest BCUT2D eigenvalue weighted by atomic mass is 16.1. The van der Waals surface area contributed by atoms with Gasteiger partial charge in [-0.3, -0.25) is 9.59 Å². The van der Waals surface area contributed by atoms with Crippen molar-refractivity contribution in [1.29, 1.82) is 0 Å². The van der Waals surface area contributed by atoms with Crippen molar-refractivity contribution in [3.05, 3.63) is 35.4 Å². The summed E-state index contributed by atoms with van der Waals surface area (Å²) in [4.78, 5) is 23.5. The second-order valence-corrected chi connectivity index (χ2v) is 6.65. The van der Waals surface area contributed by atoms with Crippen molar-refractivity contribution < 1.29 is 9.59 Å². The Balaban J connectivity index is 1.83. The zero-order chi connectivity index (χ0) is 15.9. The van der Waals surface area contributed by atoms with E-state index in [-0.39, 0.29) is 5.78 Å². The van der Waals surface area contributed by atoms with E-state index in [1.807, 2.05) is 12.1 Å². The maximum atomic E-state index is 12.2. The predicted molar refractivity (Wildman–Crippen MR) is 90.3 cm³/mol. The number of carbonyl (C=O) groups is 2. The summed E-state index contributed by atoms with van der Waals surface area (Å²) in [5, 5.41) is 0. The molecule has 0 bridgehead atoms. The van der Waals surface area contributed by atoms with E-state index in [0.29, 0.717) is 17.6 Å². The topological polar surface area (TPSA) is 34.1 Å². The van der Waals surface area contributed by atoms with Crippen molar-refractivity contribution in [1.82, 2.24) is 0 Å². The molecule has 1 saturated carbocycles. The van der Waals surface area contributed by atoms with E-state index in [1.165, 1.54) is 18.4 Å². The zero-order valence-electron chi connectivity index (χ0n) is 13.9. The van der Waals surface area contributed by atoms with Gasteiger partial charge < -0.3 is 0 Å². The van der Waals surface area contributed by atoms with Gasteiger partial charge in [0, 0.05) is 17.9 Å². The molecule has 0 N–H and O–H groups in total. The highest BCUT2D eigenvalue weighted by Crippen LogP contribution is 2.36. The van der Waals surface area contributed by atoms with Gasteiger partial charge >= 0.3 is 0 Å². The van der Waals surface area contributed by atoms with E-state index >= 15 is 0 Å². The van der Waals surface area contributed by atoms with Crippen LogP contribution in [-0.2, 0) is 4.79 Å². The summed E-state index contributed by atoms with van der Waals surface area (Å²) in [5.41, 5.74) is 2.10. The van der Waals surface area contributed by atoms with Crippen LogP contribution in [0.4, 0.5) is 0 Å². The van der Waals surface area contributed by atoms with E-state index < -0.39 is 0 Å². The molecule has 1 fully saturated rings. The summed E-state index contributed by atoms with van der Waals surface area (Å²) in [6, 6.07) is 8.04. The first-order chi connectivity index (χ1) is 10.6. The molecule has 0 aliphatic heterocycles. The molecule has 1 aromatic carbocycles. The SMILES string of the molecule is CCCCCC(=O)C1CCC(c2ccc(C(C)=O)cc2)CC1. The van der Waals surface area contributed by atoms with Crippen LogP contribution in [0.2, 0.25) is 0 Å². The molecule has 2 rings (SSSR count). The van der Waals surface area contributed by atoms with Gasteiger partial charge in [0.1, 0.15) is 5.78 Å². The Morgan fingerprint density at radius 2 is 1.64 bits per heavy atom. The summed E-state index contributed by atoms with van der Waals surface area (Å²) in [6.07, 6.45) is 8.44. The molecule has 22 heavy (non-hydrogen) atoms. The number of rotatable bonds is 7. The Bertz CT molecular complexity index is 493. The van der Waals surface area contributed by atoms with Crippen LogP contribution in [0, 0.1) is 5.92 Å². The molecule has 0 amide bonds. The first-order valence-electron chi connectivity index (χ1n) is 8.75. The normalized spacial score (nSPS) is 21.5. The van der Waals surface area contributed by atoms with Crippen molar-refractivity contribution in [2.45, 2.75) is 71.1 Å². The lowest BCUT2D eigenvalue weighted by molar-refractivity contribution is -0.124. The first-order valence-corrected chi connectivity index (χ1v) is 8.75. The summed E-state index contributed by atoms with van der Waals surface area (Å²) >= 11 is 0. The molecule has 0 saturated heterocycles. The monoisotopic (exact) mass is 300 g/mol. The Morgan fingerprint density at radius 1 is 1.00 bits per heavy atom. The van der Waals surface area contributed by atoms with Gasteiger partial charge in [0.2, 0.25) is 0 Å². The minimum atomic E-state index is 0.118. The Kier molecular flexibility index (Phi) is 6.35. The van der Waals surface area contributed by atoms with Crippen LogP contribution >= 0.6 is 0 Å². The third kappa shape index (κ3) is 4.53. The van der Waals surface area contributed by atoms with E-state index in [4.69, 9.17) is 0 Å². The van der Waals surface area contributed by atoms with Gasteiger partial charge in [-0.1, -0.05) is 44.0 Å². The van der Waals surface area contributed by atoms with Crippen molar-refractivity contribution in [3.63, 3.8) is 0 Å². The van der Waals surface area contributed by atoms with Crippen molar-refractivity contribution in [2.24, 2.45) is 5.92 Å². The lowest BCUT2D eigenvalue weighted by Gasteiger charge is -2.28. The van der Waals surface area contributed by atoms with Gasteiger partial charge in [0.15, 0.2) is 5.78 Å². The second kappa shape index (κ2) is 8.26. The molecule has 0 radical (unpaired) electrons. The van der Waals surface area contributed by atoms with E-state index in [2.05, 4.69) is 19.1 Å². The van der Waals surface area contributed by atoms with Crippen LogP contribution < -0.4 is 0 Å². The van der Waals surface area contributed by atoms with Crippen LogP contribution in [0.3, 0.4) is 0 Å². The first kappa shape index (κ1) is 16.9. The molecule has 1 aliphatic rings. The molecule has 0 heterocycles. The molecule has 0 aromatic heterocycles. The quantitative estimate of drug-likeness (QED) is 0.505. The van der Waals surface area contributed by atoms with Gasteiger partial charge in [-0.25, -0.2) is 0 Å². The molecular formula is C20H28O2. The largest absolute Gasteiger partial charge is 0.299 e. The highest BCUT2D eigenvalue weighted by Gasteiger charge is 2.26. The molecule has 120 valence electrons. The number of Topliss-reactive ketones (excluding diaryl/α,β-unsaturated/α-hetero) is 2. The number of hydrogen-bond acceptors (Lipinski definition) is 2. The lowest BCUT2D eigenvalue weighted by Crippen LogP contribution is -2.21. The molecule has 0 spiro atoms. The Morgan fingerprint density at radius 3 is 2.18 bits per heavy atom. The summed E-state index contributed by atoms with van der Waals surface area (Å²) < 4.78 is 0. The van der Waals surface area contributed by atoms with Crippen LogP contribution in [-0.4, -0.2) is 11.6 Å². The average molecular weight is 300 g/mol. The molecule has 2 nitrogen and oxygen atoms in total. The number of unbranched alkanes of at least 4 members (excludes halogenated alkanes) is 2. The number of ketones is 2. The van der Waals surface area contributed by atoms with E-state index in [1.54, 1.807) is 6.92 Å². The van der Waals surface area contributed by atoms with Crippen LogP contribution in [0.5, 0.6) is 0 Å². The van der Waals surface area contributed by atoms with Gasteiger partial charge in [0.05, 0.1) is 0 Å². The summed E-state index contributed by atoms with van der Waals surface area (Å²) in [6.45, 7) is 3.78. The van der Waals surface area contributed by atoms with Crippen molar-refractivity contribution in [2.75, 3.05) is 0 Å². The third-order valence-corrected chi connectivity index (χ3v) is 5.00. The van der Waals surface area contributed by atoms with Crippen LogP contribution in [0.25, 0.3) is 0 Å². The molecule has 1 aliphatic carbocycles. The number of hydrogen-bond donors (Lipinski definition) is 0. The predicted octanol–water partition coefficient (Wildman–Crippen LogP) is 5.31. The second-order valence-electron chi connectivity index (χ2n) is 6.65. The average Bonchev–Trinajstić information content (AvgIpc) is 2.55. The minimum Gasteiger partial charge on any atom is -0.299 e. The summed E-state index contributed by atoms with van der Waals surface area (Å²) in [7, 11) is 0. The lowest BCUT2D eigenvalue weighted by atomic mass is 9.76. The molecule has 2 heteroatoms. The van der Waals surface area contributed by atoms with Gasteiger partial charge in [-0.15, -0.1) is 0 Å². The number of carbonyl (C=O) groups excluding carboxylic acids is 2. The van der Waals surface area contributed by atoms with Gasteiger partial charge in [-0.05, 0) is 50.5 Å². The van der Waals surface area contributed by atoms with E-state index in [9.17, 15) is 9.59 Å². The molecule has 1 aromatic rings. The fraction of sp³-hybridized carbons (Fsp3) is 0.600. The maximum Gasteiger partial charge on any atom is 0.159 e. The molecule has 0 atom stereocenters. The van der Waals surface area contributed by atoms with Crippen molar-refractivity contribution >= 4 is 11.6 Å². The molecule has 0 unspecified atom stereocenters. The maximum absolute atomic E-state index is 12.2. The van der Waals surface area contributed by atoms with Gasteiger partial charge in [0.25, 0.3) is 0 Å². The molecular weight excluding hydrogens is 272 g/mol. The van der Waals surface area contributed by atoms with Crippen LogP contribution in [0.15, 0.2) is 24.3 Å². The number of benzene rings is 1. The summed E-state index contributed by atoms with van der Waals surface area (Å²) in [5.74, 6) is 1.46. The fourth-order valence-electron chi connectivity index (χ4n) is 3.49. The minimum absolute atomic E-state index is 0.118. The van der Waals surface area contributed by atoms with Crippen LogP contribution in [0.1, 0.15) is 87.1 Å². The Labute approximate surface area is 134 Å². The Hall–Kier alpha value is -1.44. The smallest absolute Gasteiger partial charge is 0.159 e. The highest BCUT2D eigenvalue weighted by molar-refractivity contribution is 5.94. The van der Waals surface area contributed by atoms with Crippen molar-refractivity contribution in [3.8, 4) is 0 Å². The van der Waals surface area contributed by atoms with Gasteiger partial charge in [-0.2, -0.15) is 0 Å². The third-order valence-electron chi connectivity index (χ3n) is 5.00. The fourth-order valence-corrected chi connectivity index (χ4v) is 3.49. The standard InChI is InChI=1S/C20H28O2/c1-3-4-5-6-20(22)19-13-11-18(12-14-19)17-9-7-16(8-10-17)15(2)21/h7-10,18-19H,3-6,11-14H2,1-2H3.